The Morgan fingerprint density at radius 2 is 1.88 bits per heavy atom. The molecule has 43 heavy (non-hydrogen) atoms. The van der Waals surface area contributed by atoms with Crippen LogP contribution in [0.5, 0.6) is 0 Å². The maximum atomic E-state index is 13.8. The first-order chi connectivity index (χ1) is 20.2. The summed E-state index contributed by atoms with van der Waals surface area (Å²) in [4.78, 5) is 54.9. The number of cyclic esters (lactones) is 1. The third kappa shape index (κ3) is 8.01. The van der Waals surface area contributed by atoms with Gasteiger partial charge in [-0.2, -0.15) is 0 Å². The SMILES string of the molecule is COC1=CC2=C3CN(C2)C(=O)OC2CC(C(=O)O)N(C2)C(=O)C(C(C)(C)C)NC(=O)OCC(C)(C)CCCCCOC3C1. The summed E-state index contributed by atoms with van der Waals surface area (Å²) in [6.45, 7) is 10.7. The second kappa shape index (κ2) is 13.2. The number of rotatable bonds is 2. The van der Waals surface area contributed by atoms with Crippen LogP contribution in [0.15, 0.2) is 23.0 Å². The van der Waals surface area contributed by atoms with Gasteiger partial charge in [0.1, 0.15) is 18.2 Å². The lowest BCUT2D eigenvalue weighted by Crippen LogP contribution is -2.57. The van der Waals surface area contributed by atoms with Crippen molar-refractivity contribution in [2.75, 3.05) is 40.0 Å². The number of hydrogen-bond donors (Lipinski definition) is 2. The van der Waals surface area contributed by atoms with Gasteiger partial charge in [0.2, 0.25) is 5.91 Å². The molecule has 0 aromatic rings. The number of carboxylic acids is 1. The van der Waals surface area contributed by atoms with E-state index in [1.54, 1.807) is 32.8 Å². The quantitative estimate of drug-likeness (QED) is 0.480. The standard InChI is InChI=1S/C31H47N3O9/c1-30(2,3)25-26(35)34-16-21(13-23(34)27(36)37)43-29(39)33-15-19-12-20(40-6)14-24(22(19)17-33)41-11-9-7-8-10-31(4,5)18-42-28(38)32-25/h12,21,23-25H,7-11,13-18H2,1-6H3,(H,32,38)(H,36,37). The Kier molecular flexibility index (Phi) is 9.98. The first kappa shape index (κ1) is 32.6. The van der Waals surface area contributed by atoms with Crippen LogP contribution >= 0.6 is 0 Å². The first-order valence-corrected chi connectivity index (χ1v) is 15.2. The van der Waals surface area contributed by atoms with Crippen LogP contribution in [0.2, 0.25) is 0 Å². The van der Waals surface area contributed by atoms with Gasteiger partial charge in [0.15, 0.2) is 0 Å². The van der Waals surface area contributed by atoms with Crippen molar-refractivity contribution in [2.24, 2.45) is 10.8 Å². The van der Waals surface area contributed by atoms with Crippen LogP contribution in [0.3, 0.4) is 0 Å². The molecule has 4 bridgehead atoms. The highest BCUT2D eigenvalue weighted by Gasteiger charge is 2.47. The molecule has 12 heteroatoms. The summed E-state index contributed by atoms with van der Waals surface area (Å²) in [6.07, 6.45) is 3.71. The molecule has 2 fully saturated rings. The number of ether oxygens (including phenoxy) is 4. The number of nitrogens with zero attached hydrogens (tertiary/aromatic N) is 2. The van der Waals surface area contributed by atoms with Crippen LogP contribution in [-0.2, 0) is 28.5 Å². The molecule has 3 aliphatic heterocycles. The summed E-state index contributed by atoms with van der Waals surface area (Å²) >= 11 is 0. The molecule has 4 rings (SSSR count). The highest BCUT2D eigenvalue weighted by Crippen LogP contribution is 2.34. The molecule has 3 heterocycles. The van der Waals surface area contributed by atoms with Crippen molar-refractivity contribution in [3.8, 4) is 0 Å². The number of methoxy groups -OCH3 is 1. The van der Waals surface area contributed by atoms with Gasteiger partial charge in [-0.1, -0.05) is 47.5 Å². The Hall–Kier alpha value is -3.28. The molecular weight excluding hydrogens is 558 g/mol. The van der Waals surface area contributed by atoms with Crippen LogP contribution in [0.4, 0.5) is 9.59 Å². The van der Waals surface area contributed by atoms with Crippen LogP contribution in [-0.4, -0.2) is 103 Å². The van der Waals surface area contributed by atoms with Gasteiger partial charge in [-0.3, -0.25) is 9.69 Å². The maximum Gasteiger partial charge on any atom is 0.410 e. The Morgan fingerprint density at radius 1 is 1.14 bits per heavy atom. The normalized spacial score (nSPS) is 29.5. The van der Waals surface area contributed by atoms with Gasteiger partial charge in [-0.15, -0.1) is 0 Å². The zero-order valence-electron chi connectivity index (χ0n) is 26.3. The van der Waals surface area contributed by atoms with Gasteiger partial charge in [-0.05, 0) is 40.9 Å². The van der Waals surface area contributed by atoms with Gasteiger partial charge < -0.3 is 34.3 Å². The first-order valence-electron chi connectivity index (χ1n) is 15.2. The van der Waals surface area contributed by atoms with E-state index in [2.05, 4.69) is 5.32 Å². The Bertz CT molecular complexity index is 1160. The monoisotopic (exact) mass is 605 g/mol. The Balaban J connectivity index is 1.57. The van der Waals surface area contributed by atoms with Gasteiger partial charge in [0.25, 0.3) is 0 Å². The fourth-order valence-electron chi connectivity index (χ4n) is 6.10. The largest absolute Gasteiger partial charge is 0.501 e. The van der Waals surface area contributed by atoms with E-state index in [1.807, 2.05) is 19.9 Å². The number of amides is 3. The highest BCUT2D eigenvalue weighted by atomic mass is 16.6. The molecule has 4 aliphatic rings. The average Bonchev–Trinajstić information content (AvgIpc) is 3.56. The summed E-state index contributed by atoms with van der Waals surface area (Å²) in [5.74, 6) is -0.977. The predicted octanol–water partition coefficient (Wildman–Crippen LogP) is 3.85. The maximum absolute atomic E-state index is 13.8. The number of fused-ring (bicyclic) bond motifs is 3. The zero-order valence-corrected chi connectivity index (χ0v) is 26.3. The van der Waals surface area contributed by atoms with E-state index in [0.29, 0.717) is 26.1 Å². The minimum absolute atomic E-state index is 0.0528. The molecular formula is C31H47N3O9. The summed E-state index contributed by atoms with van der Waals surface area (Å²) in [7, 11) is 1.62. The summed E-state index contributed by atoms with van der Waals surface area (Å²) in [5.41, 5.74) is 0.963. The van der Waals surface area contributed by atoms with Crippen LogP contribution in [0.25, 0.3) is 0 Å². The van der Waals surface area contributed by atoms with Crippen molar-refractivity contribution >= 4 is 24.1 Å². The van der Waals surface area contributed by atoms with E-state index < -0.39 is 47.7 Å². The second-order valence-electron chi connectivity index (χ2n) is 13.9. The van der Waals surface area contributed by atoms with E-state index in [1.165, 1.54) is 4.90 Å². The molecule has 4 atom stereocenters. The van der Waals surface area contributed by atoms with Crippen LogP contribution in [0, 0.1) is 10.8 Å². The number of nitrogens with one attached hydrogen (secondary N) is 1. The molecule has 2 N–H and O–H groups in total. The number of aliphatic carboxylic acids is 1. The Morgan fingerprint density at radius 3 is 2.56 bits per heavy atom. The lowest BCUT2D eigenvalue weighted by Gasteiger charge is -2.34. The second-order valence-corrected chi connectivity index (χ2v) is 13.9. The average molecular weight is 606 g/mol. The van der Waals surface area contributed by atoms with Crippen molar-refractivity contribution in [3.05, 3.63) is 23.0 Å². The van der Waals surface area contributed by atoms with Gasteiger partial charge in [0.05, 0.1) is 32.1 Å². The minimum atomic E-state index is -1.21. The van der Waals surface area contributed by atoms with Gasteiger partial charge in [-0.25, -0.2) is 14.4 Å². The summed E-state index contributed by atoms with van der Waals surface area (Å²) in [6, 6.07) is -2.26. The topological polar surface area (TPSA) is 144 Å². The fourth-order valence-corrected chi connectivity index (χ4v) is 6.10. The minimum Gasteiger partial charge on any atom is -0.501 e. The van der Waals surface area contributed by atoms with Crippen molar-refractivity contribution in [2.45, 2.75) is 97.4 Å². The fraction of sp³-hybridized carbons (Fsp3) is 0.742. The Labute approximate surface area is 253 Å². The van der Waals surface area contributed by atoms with Crippen molar-refractivity contribution < 1.29 is 43.2 Å². The van der Waals surface area contributed by atoms with Crippen molar-refractivity contribution in [3.63, 3.8) is 0 Å². The lowest BCUT2D eigenvalue weighted by atomic mass is 9.85. The van der Waals surface area contributed by atoms with E-state index in [0.717, 1.165) is 42.6 Å². The van der Waals surface area contributed by atoms with Crippen LogP contribution in [0.1, 0.15) is 73.1 Å². The number of carbonyl (C=O) groups excluding carboxylic acids is 3. The third-order valence-electron chi connectivity index (χ3n) is 8.65. The molecule has 0 spiro atoms. The molecule has 0 aromatic heterocycles. The zero-order chi connectivity index (χ0) is 31.5. The smallest absolute Gasteiger partial charge is 0.410 e. The molecule has 4 unspecified atom stereocenters. The molecule has 0 saturated carbocycles. The van der Waals surface area contributed by atoms with E-state index in [4.69, 9.17) is 18.9 Å². The summed E-state index contributed by atoms with van der Waals surface area (Å²) < 4.78 is 23.1. The molecule has 240 valence electrons. The third-order valence-corrected chi connectivity index (χ3v) is 8.65. The van der Waals surface area contributed by atoms with Gasteiger partial charge in [0, 0.05) is 32.5 Å². The number of hydrogen-bond acceptors (Lipinski definition) is 8. The molecule has 1 aliphatic carbocycles. The number of alkyl carbamates (subject to hydrolysis) is 1. The van der Waals surface area contributed by atoms with E-state index in [9.17, 15) is 24.3 Å². The lowest BCUT2D eigenvalue weighted by molar-refractivity contribution is -0.150. The van der Waals surface area contributed by atoms with E-state index in [-0.39, 0.29) is 31.1 Å². The van der Waals surface area contributed by atoms with E-state index >= 15 is 0 Å². The van der Waals surface area contributed by atoms with Crippen molar-refractivity contribution in [1.82, 2.24) is 15.1 Å². The molecule has 3 amide bonds. The predicted molar refractivity (Wildman–Crippen MR) is 156 cm³/mol. The summed E-state index contributed by atoms with van der Waals surface area (Å²) in [5, 5.41) is 12.6. The van der Waals surface area contributed by atoms with Crippen molar-refractivity contribution in [1.29, 1.82) is 0 Å². The molecule has 0 aromatic carbocycles. The molecule has 0 radical (unpaired) electrons. The molecule has 12 nitrogen and oxygen atoms in total. The number of carbonyl (C=O) groups is 4. The van der Waals surface area contributed by atoms with Gasteiger partial charge >= 0.3 is 18.2 Å². The van der Waals surface area contributed by atoms with Crippen LogP contribution < -0.4 is 5.32 Å². The molecule has 2 saturated heterocycles. The highest BCUT2D eigenvalue weighted by molar-refractivity contribution is 5.90. The number of carboxylic acid groups (broad SMARTS) is 1.